The van der Waals surface area contributed by atoms with Crippen LogP contribution in [0.3, 0.4) is 0 Å². The maximum absolute atomic E-state index is 12.4. The molecular weight excluding hydrogens is 334 g/mol. The van der Waals surface area contributed by atoms with Crippen molar-refractivity contribution in [2.45, 2.75) is 25.4 Å². The first-order valence-electron chi connectivity index (χ1n) is 8.54. The highest BCUT2D eigenvalue weighted by molar-refractivity contribution is 5.96. The largest absolute Gasteiger partial charge is 0.480 e. The lowest BCUT2D eigenvalue weighted by Gasteiger charge is -2.39. The molecule has 1 atom stereocenters. The third kappa shape index (κ3) is 4.08. The molecule has 1 saturated heterocycles. The second-order valence-corrected chi connectivity index (χ2v) is 6.51. The number of amides is 1. The van der Waals surface area contributed by atoms with Crippen molar-refractivity contribution < 1.29 is 14.6 Å². The molecule has 2 aromatic heterocycles. The van der Waals surface area contributed by atoms with Gasteiger partial charge in [-0.3, -0.25) is 4.79 Å². The van der Waals surface area contributed by atoms with Gasteiger partial charge in [0.25, 0.3) is 5.91 Å². The van der Waals surface area contributed by atoms with E-state index in [2.05, 4.69) is 20.3 Å². The third-order valence-electron chi connectivity index (χ3n) is 4.46. The van der Waals surface area contributed by atoms with E-state index in [4.69, 9.17) is 4.74 Å². The number of carbonyl (C=O) groups excluding carboxylic acids is 1. The molecular formula is C18H23N5O3. The van der Waals surface area contributed by atoms with Gasteiger partial charge in [-0.05, 0) is 31.9 Å². The predicted molar refractivity (Wildman–Crippen MR) is 96.3 cm³/mol. The topological polar surface area (TPSA) is 100 Å². The van der Waals surface area contributed by atoms with Crippen LogP contribution in [0.4, 0.5) is 5.82 Å². The average molecular weight is 357 g/mol. The zero-order valence-corrected chi connectivity index (χ0v) is 15.0. The van der Waals surface area contributed by atoms with Gasteiger partial charge in [-0.2, -0.15) is 0 Å². The summed E-state index contributed by atoms with van der Waals surface area (Å²) in [5.41, 5.74) is 0.196. The Morgan fingerprint density at radius 1 is 1.42 bits per heavy atom. The number of methoxy groups -OCH3 is 1. The van der Waals surface area contributed by atoms with E-state index in [1.54, 1.807) is 18.3 Å². The van der Waals surface area contributed by atoms with Gasteiger partial charge in [0.05, 0.1) is 12.7 Å². The SMILES string of the molecule is COc1ncccc1C(=O)NCC1(O)CCCN(c2cc(C)ncn2)C1. The van der Waals surface area contributed by atoms with Gasteiger partial charge in [0.15, 0.2) is 0 Å². The summed E-state index contributed by atoms with van der Waals surface area (Å²) in [6.45, 7) is 3.25. The van der Waals surface area contributed by atoms with Crippen LogP contribution in [0.15, 0.2) is 30.7 Å². The van der Waals surface area contributed by atoms with Gasteiger partial charge in [-0.15, -0.1) is 0 Å². The second-order valence-electron chi connectivity index (χ2n) is 6.51. The minimum atomic E-state index is -1.03. The van der Waals surface area contributed by atoms with Crippen LogP contribution in [0.2, 0.25) is 0 Å². The Labute approximate surface area is 152 Å². The Bertz CT molecular complexity index is 785. The number of carbonyl (C=O) groups is 1. The monoisotopic (exact) mass is 357 g/mol. The summed E-state index contributed by atoms with van der Waals surface area (Å²) < 4.78 is 5.11. The van der Waals surface area contributed by atoms with E-state index in [1.165, 1.54) is 13.4 Å². The Balaban J connectivity index is 1.66. The molecule has 8 nitrogen and oxygen atoms in total. The van der Waals surface area contributed by atoms with E-state index in [-0.39, 0.29) is 18.3 Å². The number of piperidine rings is 1. The minimum absolute atomic E-state index is 0.143. The van der Waals surface area contributed by atoms with Crippen LogP contribution in [0.5, 0.6) is 5.88 Å². The number of pyridine rings is 1. The molecule has 138 valence electrons. The molecule has 0 aliphatic carbocycles. The summed E-state index contributed by atoms with van der Waals surface area (Å²) in [5.74, 6) is 0.730. The summed E-state index contributed by atoms with van der Waals surface area (Å²) in [6, 6.07) is 5.21. The van der Waals surface area contributed by atoms with Crippen molar-refractivity contribution in [2.24, 2.45) is 0 Å². The third-order valence-corrected chi connectivity index (χ3v) is 4.46. The number of nitrogens with zero attached hydrogens (tertiary/aromatic N) is 4. The molecule has 3 rings (SSSR count). The average Bonchev–Trinajstić information content (AvgIpc) is 2.66. The maximum Gasteiger partial charge on any atom is 0.256 e. The van der Waals surface area contributed by atoms with Crippen molar-refractivity contribution in [3.05, 3.63) is 42.0 Å². The summed E-state index contributed by atoms with van der Waals surface area (Å²) in [4.78, 5) is 26.9. The van der Waals surface area contributed by atoms with E-state index in [1.807, 2.05) is 17.9 Å². The van der Waals surface area contributed by atoms with E-state index in [9.17, 15) is 9.90 Å². The fourth-order valence-corrected chi connectivity index (χ4v) is 3.13. The van der Waals surface area contributed by atoms with E-state index >= 15 is 0 Å². The smallest absolute Gasteiger partial charge is 0.256 e. The maximum atomic E-state index is 12.4. The zero-order valence-electron chi connectivity index (χ0n) is 15.0. The lowest BCUT2D eigenvalue weighted by molar-refractivity contribution is 0.0254. The van der Waals surface area contributed by atoms with Crippen molar-refractivity contribution in [2.75, 3.05) is 31.6 Å². The van der Waals surface area contributed by atoms with Crippen molar-refractivity contribution in [1.82, 2.24) is 20.3 Å². The van der Waals surface area contributed by atoms with E-state index in [0.717, 1.165) is 24.5 Å². The van der Waals surface area contributed by atoms with Gasteiger partial charge in [0.1, 0.15) is 17.7 Å². The normalized spacial score (nSPS) is 19.9. The molecule has 1 amide bonds. The second kappa shape index (κ2) is 7.65. The highest BCUT2D eigenvalue weighted by Crippen LogP contribution is 2.25. The number of hydrogen-bond donors (Lipinski definition) is 2. The number of hydrogen-bond acceptors (Lipinski definition) is 7. The van der Waals surface area contributed by atoms with Crippen LogP contribution in [0, 0.1) is 6.92 Å². The molecule has 0 radical (unpaired) electrons. The summed E-state index contributed by atoms with van der Waals surface area (Å²) in [5, 5.41) is 13.7. The number of anilines is 1. The molecule has 0 bridgehead atoms. The lowest BCUT2D eigenvalue weighted by atomic mass is 9.92. The van der Waals surface area contributed by atoms with Crippen molar-refractivity contribution in [3.8, 4) is 5.88 Å². The molecule has 0 spiro atoms. The van der Waals surface area contributed by atoms with E-state index in [0.29, 0.717) is 18.5 Å². The molecule has 1 fully saturated rings. The van der Waals surface area contributed by atoms with Gasteiger partial charge in [-0.25, -0.2) is 15.0 Å². The van der Waals surface area contributed by atoms with Crippen LogP contribution < -0.4 is 15.0 Å². The number of aryl methyl sites for hydroxylation is 1. The highest BCUT2D eigenvalue weighted by Gasteiger charge is 2.34. The van der Waals surface area contributed by atoms with Crippen LogP contribution in [0.25, 0.3) is 0 Å². The zero-order chi connectivity index (χ0) is 18.6. The van der Waals surface area contributed by atoms with Gasteiger partial charge in [0, 0.05) is 37.6 Å². The fourth-order valence-electron chi connectivity index (χ4n) is 3.13. The van der Waals surface area contributed by atoms with E-state index < -0.39 is 5.60 Å². The number of β-amino-alcohol motifs (C(OH)–C–C–N with tert-alkyl or cyclic N) is 1. The number of ether oxygens (including phenoxy) is 1. The molecule has 1 aliphatic rings. The Morgan fingerprint density at radius 3 is 3.04 bits per heavy atom. The predicted octanol–water partition coefficient (Wildman–Crippen LogP) is 0.950. The lowest BCUT2D eigenvalue weighted by Crippen LogP contribution is -2.54. The number of rotatable bonds is 5. The van der Waals surface area contributed by atoms with Crippen LogP contribution in [-0.2, 0) is 0 Å². The van der Waals surface area contributed by atoms with Gasteiger partial charge < -0.3 is 20.1 Å². The quantitative estimate of drug-likeness (QED) is 0.822. The Hall–Kier alpha value is -2.74. The van der Waals surface area contributed by atoms with Crippen molar-refractivity contribution in [1.29, 1.82) is 0 Å². The fraction of sp³-hybridized carbons (Fsp3) is 0.444. The summed E-state index contributed by atoms with van der Waals surface area (Å²) >= 11 is 0. The first-order valence-corrected chi connectivity index (χ1v) is 8.54. The summed E-state index contributed by atoms with van der Waals surface area (Å²) in [6.07, 6.45) is 4.50. The molecule has 8 heteroatoms. The van der Waals surface area contributed by atoms with Crippen LogP contribution in [-0.4, -0.2) is 58.3 Å². The van der Waals surface area contributed by atoms with Gasteiger partial charge in [0.2, 0.25) is 5.88 Å². The molecule has 0 saturated carbocycles. The van der Waals surface area contributed by atoms with Gasteiger partial charge in [-0.1, -0.05) is 0 Å². The minimum Gasteiger partial charge on any atom is -0.480 e. The number of aromatic nitrogens is 3. The Kier molecular flexibility index (Phi) is 5.32. The molecule has 2 aromatic rings. The highest BCUT2D eigenvalue weighted by atomic mass is 16.5. The van der Waals surface area contributed by atoms with Gasteiger partial charge >= 0.3 is 0 Å². The van der Waals surface area contributed by atoms with Crippen LogP contribution in [0.1, 0.15) is 28.9 Å². The summed E-state index contributed by atoms with van der Waals surface area (Å²) in [7, 11) is 1.47. The number of nitrogens with one attached hydrogen (secondary N) is 1. The standard InChI is InChI=1S/C18H23N5O3/c1-13-9-15(22-12-21-13)23-8-4-6-18(25,11-23)10-20-16(24)14-5-3-7-19-17(14)26-2/h3,5,7,9,12,25H,4,6,8,10-11H2,1-2H3,(H,20,24). The van der Waals surface area contributed by atoms with Crippen molar-refractivity contribution in [3.63, 3.8) is 0 Å². The molecule has 1 unspecified atom stereocenters. The molecule has 1 aliphatic heterocycles. The van der Waals surface area contributed by atoms with Crippen molar-refractivity contribution >= 4 is 11.7 Å². The first-order chi connectivity index (χ1) is 12.5. The molecule has 2 N–H and O–H groups in total. The molecule has 3 heterocycles. The number of aliphatic hydroxyl groups is 1. The molecule has 26 heavy (non-hydrogen) atoms. The van der Waals surface area contributed by atoms with Crippen LogP contribution >= 0.6 is 0 Å². The first kappa shape index (κ1) is 18.1. The Morgan fingerprint density at radius 2 is 2.27 bits per heavy atom. The molecule has 0 aromatic carbocycles.